The summed E-state index contributed by atoms with van der Waals surface area (Å²) in [6, 6.07) is 0. The number of aliphatic carboxylic acids is 1. The largest absolute Gasteiger partial charge is 0.478 e. The number of methoxy groups -OCH3 is 1. The zero-order chi connectivity index (χ0) is 13.4. The fourth-order valence-electron chi connectivity index (χ4n) is 1.51. The molecule has 0 fully saturated rings. The second-order valence-corrected chi connectivity index (χ2v) is 4.04. The highest BCUT2D eigenvalue weighted by Gasteiger charge is 2.26. The van der Waals surface area contributed by atoms with Gasteiger partial charge in [0.25, 0.3) is 0 Å². The maximum Gasteiger partial charge on any atom is 0.331 e. The summed E-state index contributed by atoms with van der Waals surface area (Å²) in [7, 11) is 1.22. The molecule has 17 heavy (non-hydrogen) atoms. The zero-order valence-electron chi connectivity index (χ0n) is 10.3. The smallest absolute Gasteiger partial charge is 0.331 e. The van der Waals surface area contributed by atoms with Crippen LogP contribution in [0.1, 0.15) is 32.6 Å². The van der Waals surface area contributed by atoms with Gasteiger partial charge in [-0.25, -0.2) is 4.79 Å². The van der Waals surface area contributed by atoms with Gasteiger partial charge in [-0.3, -0.25) is 4.79 Å². The molecule has 0 aromatic carbocycles. The first-order valence-electron chi connectivity index (χ1n) is 5.58. The van der Waals surface area contributed by atoms with Crippen molar-refractivity contribution in [2.45, 2.75) is 38.7 Å². The standard InChI is InChI=1S/C12H20O5/c1-8(13)6-4-5-7-10(12(16)17-3)9(2)11(14)15/h8,10,13H,2,4-7H2,1,3H3,(H,14,15)/t8-,10+/m1/s1. The van der Waals surface area contributed by atoms with Gasteiger partial charge in [0.2, 0.25) is 0 Å². The van der Waals surface area contributed by atoms with Gasteiger partial charge in [0.05, 0.1) is 19.1 Å². The fourth-order valence-corrected chi connectivity index (χ4v) is 1.51. The van der Waals surface area contributed by atoms with E-state index in [0.29, 0.717) is 19.3 Å². The van der Waals surface area contributed by atoms with Gasteiger partial charge < -0.3 is 14.9 Å². The zero-order valence-corrected chi connectivity index (χ0v) is 10.3. The molecule has 0 rings (SSSR count). The molecule has 2 atom stereocenters. The van der Waals surface area contributed by atoms with Crippen molar-refractivity contribution in [2.24, 2.45) is 5.92 Å². The third-order valence-corrected chi connectivity index (χ3v) is 2.55. The first-order valence-corrected chi connectivity index (χ1v) is 5.58. The molecule has 0 heterocycles. The maximum atomic E-state index is 11.4. The number of hydrogen-bond donors (Lipinski definition) is 2. The van der Waals surface area contributed by atoms with Crippen LogP contribution in [0.25, 0.3) is 0 Å². The number of carboxylic acid groups (broad SMARTS) is 1. The lowest BCUT2D eigenvalue weighted by Crippen LogP contribution is -2.22. The summed E-state index contributed by atoms with van der Waals surface area (Å²) in [5.41, 5.74) is -0.145. The molecule has 5 nitrogen and oxygen atoms in total. The quantitative estimate of drug-likeness (QED) is 0.382. The van der Waals surface area contributed by atoms with Crippen molar-refractivity contribution in [3.8, 4) is 0 Å². The number of carbonyl (C=O) groups excluding carboxylic acids is 1. The Hall–Kier alpha value is -1.36. The third-order valence-electron chi connectivity index (χ3n) is 2.55. The van der Waals surface area contributed by atoms with E-state index in [2.05, 4.69) is 11.3 Å². The molecule has 0 aliphatic heterocycles. The van der Waals surface area contributed by atoms with E-state index in [0.717, 1.165) is 6.42 Å². The monoisotopic (exact) mass is 244 g/mol. The van der Waals surface area contributed by atoms with E-state index < -0.39 is 17.9 Å². The van der Waals surface area contributed by atoms with Crippen LogP contribution in [-0.4, -0.2) is 35.4 Å². The second-order valence-electron chi connectivity index (χ2n) is 4.04. The van der Waals surface area contributed by atoms with Gasteiger partial charge in [-0.05, 0) is 19.8 Å². The van der Waals surface area contributed by atoms with Gasteiger partial charge in [-0.2, -0.15) is 0 Å². The second kappa shape index (κ2) is 7.84. The summed E-state index contributed by atoms with van der Waals surface area (Å²) in [4.78, 5) is 22.1. The highest BCUT2D eigenvalue weighted by Crippen LogP contribution is 2.19. The average Bonchev–Trinajstić information content (AvgIpc) is 2.27. The van der Waals surface area contributed by atoms with Gasteiger partial charge >= 0.3 is 11.9 Å². The Morgan fingerprint density at radius 2 is 1.82 bits per heavy atom. The van der Waals surface area contributed by atoms with Crippen LogP contribution in [0.15, 0.2) is 12.2 Å². The maximum absolute atomic E-state index is 11.4. The summed E-state index contributed by atoms with van der Waals surface area (Å²) < 4.78 is 4.55. The molecule has 0 aromatic rings. The molecule has 0 amide bonds. The number of aliphatic hydroxyl groups excluding tert-OH is 1. The van der Waals surface area contributed by atoms with Gasteiger partial charge in [0.15, 0.2) is 0 Å². The predicted octanol–water partition coefficient (Wildman–Crippen LogP) is 1.36. The summed E-state index contributed by atoms with van der Waals surface area (Å²) in [6.45, 7) is 5.08. The molecule has 98 valence electrons. The number of carbonyl (C=O) groups is 2. The van der Waals surface area contributed by atoms with E-state index >= 15 is 0 Å². The summed E-state index contributed by atoms with van der Waals surface area (Å²) in [6.07, 6.45) is 2.02. The van der Waals surface area contributed by atoms with E-state index in [1.54, 1.807) is 6.92 Å². The molecule has 0 saturated heterocycles. The first kappa shape index (κ1) is 15.6. The van der Waals surface area contributed by atoms with Crippen molar-refractivity contribution in [3.63, 3.8) is 0 Å². The average molecular weight is 244 g/mol. The van der Waals surface area contributed by atoms with Crippen LogP contribution in [0.3, 0.4) is 0 Å². The Kier molecular flexibility index (Phi) is 7.21. The SMILES string of the molecule is C=C(C(=O)O)[C@H](CCCC[C@@H](C)O)C(=O)OC. The summed E-state index contributed by atoms with van der Waals surface area (Å²) in [5, 5.41) is 17.9. The fraction of sp³-hybridized carbons (Fsp3) is 0.667. The van der Waals surface area contributed by atoms with E-state index in [1.165, 1.54) is 7.11 Å². The topological polar surface area (TPSA) is 83.8 Å². The molecule has 0 bridgehead atoms. The van der Waals surface area contributed by atoms with Crippen molar-refractivity contribution in [3.05, 3.63) is 12.2 Å². The highest BCUT2D eigenvalue weighted by atomic mass is 16.5. The molecule has 0 aliphatic rings. The van der Waals surface area contributed by atoms with Crippen LogP contribution >= 0.6 is 0 Å². The molecular formula is C12H20O5. The molecule has 0 radical (unpaired) electrons. The lowest BCUT2D eigenvalue weighted by molar-refractivity contribution is -0.146. The highest BCUT2D eigenvalue weighted by molar-refractivity contribution is 5.93. The Balaban J connectivity index is 4.26. The lowest BCUT2D eigenvalue weighted by atomic mass is 9.93. The Labute approximate surface area is 101 Å². The minimum atomic E-state index is -1.18. The van der Waals surface area contributed by atoms with Crippen LogP contribution in [-0.2, 0) is 14.3 Å². The van der Waals surface area contributed by atoms with Crippen LogP contribution in [0, 0.1) is 5.92 Å². The number of ether oxygens (including phenoxy) is 1. The number of carboxylic acids is 1. The van der Waals surface area contributed by atoms with E-state index in [-0.39, 0.29) is 11.7 Å². The van der Waals surface area contributed by atoms with Gasteiger partial charge in [-0.15, -0.1) is 0 Å². The van der Waals surface area contributed by atoms with Crippen molar-refractivity contribution >= 4 is 11.9 Å². The van der Waals surface area contributed by atoms with Crippen LogP contribution in [0.2, 0.25) is 0 Å². The Bertz CT molecular complexity index is 283. The molecule has 0 spiro atoms. The number of unbranched alkanes of at least 4 members (excludes halogenated alkanes) is 1. The minimum Gasteiger partial charge on any atom is -0.478 e. The van der Waals surface area contributed by atoms with Crippen LogP contribution in [0.4, 0.5) is 0 Å². The molecule has 0 aromatic heterocycles. The molecule has 0 saturated carbocycles. The third kappa shape index (κ3) is 6.06. The number of esters is 1. The summed E-state index contributed by atoms with van der Waals surface area (Å²) >= 11 is 0. The number of rotatable bonds is 8. The van der Waals surface area contributed by atoms with Crippen molar-refractivity contribution in [1.29, 1.82) is 0 Å². The predicted molar refractivity (Wildman–Crippen MR) is 62.4 cm³/mol. The normalized spacial score (nSPS) is 13.8. The van der Waals surface area contributed by atoms with Gasteiger partial charge in [-0.1, -0.05) is 19.4 Å². The van der Waals surface area contributed by atoms with Crippen molar-refractivity contribution < 1.29 is 24.5 Å². The molecular weight excluding hydrogens is 224 g/mol. The van der Waals surface area contributed by atoms with Crippen molar-refractivity contribution in [2.75, 3.05) is 7.11 Å². The minimum absolute atomic E-state index is 0.145. The number of aliphatic hydroxyl groups is 1. The lowest BCUT2D eigenvalue weighted by Gasteiger charge is -2.14. The Morgan fingerprint density at radius 3 is 2.24 bits per heavy atom. The van der Waals surface area contributed by atoms with E-state index in [4.69, 9.17) is 10.2 Å². The molecule has 5 heteroatoms. The number of hydrogen-bond acceptors (Lipinski definition) is 4. The van der Waals surface area contributed by atoms with Crippen molar-refractivity contribution in [1.82, 2.24) is 0 Å². The van der Waals surface area contributed by atoms with E-state index in [1.807, 2.05) is 0 Å². The van der Waals surface area contributed by atoms with Crippen LogP contribution in [0.5, 0.6) is 0 Å². The van der Waals surface area contributed by atoms with E-state index in [9.17, 15) is 9.59 Å². The first-order chi connectivity index (χ1) is 7.90. The molecule has 2 N–H and O–H groups in total. The van der Waals surface area contributed by atoms with Gasteiger partial charge in [0.1, 0.15) is 0 Å². The van der Waals surface area contributed by atoms with Gasteiger partial charge in [0, 0.05) is 5.57 Å². The summed E-state index contributed by atoms with van der Waals surface area (Å²) in [5.74, 6) is -2.56. The Morgan fingerprint density at radius 1 is 1.29 bits per heavy atom. The molecule has 0 unspecified atom stereocenters. The van der Waals surface area contributed by atoms with Crippen LogP contribution < -0.4 is 0 Å². The molecule has 0 aliphatic carbocycles.